The number of methoxy groups -OCH3 is 1. The van der Waals surface area contributed by atoms with Gasteiger partial charge in [0.05, 0.1) is 7.11 Å². The lowest BCUT2D eigenvalue weighted by atomic mass is 10.1. The van der Waals surface area contributed by atoms with Gasteiger partial charge < -0.3 is 4.74 Å². The minimum absolute atomic E-state index is 0.0338. The van der Waals surface area contributed by atoms with Gasteiger partial charge in [0, 0.05) is 5.69 Å². The molecule has 20 heavy (non-hydrogen) atoms. The molecule has 2 aromatic heterocycles. The van der Waals surface area contributed by atoms with E-state index < -0.39 is 5.97 Å². The summed E-state index contributed by atoms with van der Waals surface area (Å²) in [6.07, 6.45) is 1.51. The van der Waals surface area contributed by atoms with Crippen LogP contribution in [0.3, 0.4) is 0 Å². The molecule has 0 aromatic carbocycles. The average Bonchev–Trinajstić information content (AvgIpc) is 2.86. The molecule has 2 heterocycles. The number of nitrogens with zero attached hydrogens (tertiary/aromatic N) is 6. The summed E-state index contributed by atoms with van der Waals surface area (Å²) in [5.74, 6) is -0.104. The van der Waals surface area contributed by atoms with Crippen molar-refractivity contribution >= 4 is 17.7 Å². The largest absolute Gasteiger partial charge is 0.468 e. The maximum atomic E-state index is 11.3. The Balaban J connectivity index is 2.16. The summed E-state index contributed by atoms with van der Waals surface area (Å²) >= 11 is 1.27. The Morgan fingerprint density at radius 2 is 2.25 bits per heavy atom. The molecule has 8 nitrogen and oxygen atoms in total. The second-order valence-electron chi connectivity index (χ2n) is 4.23. The quantitative estimate of drug-likeness (QED) is 0.593. The lowest BCUT2D eigenvalue weighted by molar-refractivity contribution is -0.141. The number of hydrogen-bond donors (Lipinski definition) is 0. The van der Waals surface area contributed by atoms with E-state index in [4.69, 9.17) is 0 Å². The third-order valence-corrected chi connectivity index (χ3v) is 3.36. The number of hydrogen-bond acceptors (Lipinski definition) is 8. The van der Waals surface area contributed by atoms with E-state index in [1.54, 1.807) is 0 Å². The number of carbonyl (C=O) groups excluding carboxylic acids is 1. The second-order valence-corrected chi connectivity index (χ2v) is 5.22. The van der Waals surface area contributed by atoms with E-state index in [1.807, 2.05) is 6.07 Å². The van der Waals surface area contributed by atoms with Crippen molar-refractivity contribution in [3.63, 3.8) is 0 Å². The highest BCUT2D eigenvalue weighted by atomic mass is 32.2. The third-order valence-electron chi connectivity index (χ3n) is 2.46. The zero-order valence-corrected chi connectivity index (χ0v) is 12.2. The first-order chi connectivity index (χ1) is 9.60. The maximum Gasteiger partial charge on any atom is 0.327 e. The van der Waals surface area contributed by atoms with Gasteiger partial charge in [-0.2, -0.15) is 0 Å². The Labute approximate surface area is 119 Å². The van der Waals surface area contributed by atoms with Crippen molar-refractivity contribution in [1.82, 2.24) is 30.2 Å². The van der Waals surface area contributed by atoms with E-state index in [-0.39, 0.29) is 6.54 Å². The predicted molar refractivity (Wildman–Crippen MR) is 70.1 cm³/mol. The molecule has 2 rings (SSSR count). The van der Waals surface area contributed by atoms with Crippen molar-refractivity contribution in [2.45, 2.75) is 36.5 Å². The molecule has 9 heteroatoms. The van der Waals surface area contributed by atoms with Crippen LogP contribution in [0.15, 0.2) is 22.6 Å². The summed E-state index contributed by atoms with van der Waals surface area (Å²) in [6, 6.07) is 1.88. The number of carbonyl (C=O) groups is 1. The highest BCUT2D eigenvalue weighted by molar-refractivity contribution is 7.99. The molecule has 0 atom stereocenters. The summed E-state index contributed by atoms with van der Waals surface area (Å²) in [6.45, 7) is 4.07. The first-order valence-electron chi connectivity index (χ1n) is 5.93. The van der Waals surface area contributed by atoms with Crippen LogP contribution >= 0.6 is 11.8 Å². The van der Waals surface area contributed by atoms with Gasteiger partial charge in [-0.15, -0.1) is 5.10 Å². The van der Waals surface area contributed by atoms with Gasteiger partial charge in [0.1, 0.15) is 17.9 Å². The molecule has 0 radical (unpaired) electrons. The molecule has 0 unspecified atom stereocenters. The van der Waals surface area contributed by atoms with Gasteiger partial charge >= 0.3 is 5.97 Å². The molecule has 0 spiro atoms. The Morgan fingerprint density at radius 3 is 2.95 bits per heavy atom. The highest BCUT2D eigenvalue weighted by Crippen LogP contribution is 2.24. The summed E-state index contributed by atoms with van der Waals surface area (Å²) in [4.78, 5) is 19.6. The van der Waals surface area contributed by atoms with Gasteiger partial charge in [-0.3, -0.25) is 4.79 Å². The first-order valence-corrected chi connectivity index (χ1v) is 6.74. The molecule has 0 bridgehead atoms. The Morgan fingerprint density at radius 1 is 1.45 bits per heavy atom. The standard InChI is InChI=1S/C11H14N6O2S/c1-7(2)8-4-9(13-6-12-8)20-11-14-15-16-17(11)5-10(18)19-3/h4,6-7H,5H2,1-3H3. The zero-order valence-electron chi connectivity index (χ0n) is 11.3. The van der Waals surface area contributed by atoms with Gasteiger partial charge in [-0.05, 0) is 34.2 Å². The van der Waals surface area contributed by atoms with Crippen LogP contribution in [-0.4, -0.2) is 43.3 Å². The maximum absolute atomic E-state index is 11.3. The minimum Gasteiger partial charge on any atom is -0.468 e. The van der Waals surface area contributed by atoms with Crippen LogP contribution in [0.25, 0.3) is 0 Å². The highest BCUT2D eigenvalue weighted by Gasteiger charge is 2.13. The van der Waals surface area contributed by atoms with Gasteiger partial charge in [0.25, 0.3) is 0 Å². The van der Waals surface area contributed by atoms with Crippen molar-refractivity contribution in [1.29, 1.82) is 0 Å². The summed E-state index contributed by atoms with van der Waals surface area (Å²) < 4.78 is 5.96. The van der Waals surface area contributed by atoms with Gasteiger partial charge in [0.15, 0.2) is 0 Å². The molecule has 106 valence electrons. The van der Waals surface area contributed by atoms with Crippen LogP contribution in [0, 0.1) is 0 Å². The van der Waals surface area contributed by atoms with Gasteiger partial charge in [-0.25, -0.2) is 14.6 Å². The van der Waals surface area contributed by atoms with E-state index >= 15 is 0 Å². The molecular formula is C11H14N6O2S. The molecule has 0 fully saturated rings. The second kappa shape index (κ2) is 6.42. The van der Waals surface area contributed by atoms with Crippen LogP contribution < -0.4 is 0 Å². The number of esters is 1. The van der Waals surface area contributed by atoms with Crippen LogP contribution in [-0.2, 0) is 16.1 Å². The SMILES string of the molecule is COC(=O)Cn1nnnc1Sc1cc(C(C)C)ncn1. The zero-order chi connectivity index (χ0) is 14.5. The molecule has 0 aliphatic carbocycles. The van der Waals surface area contributed by atoms with Crippen LogP contribution in [0.4, 0.5) is 0 Å². The molecular weight excluding hydrogens is 280 g/mol. The molecule has 0 aliphatic rings. The summed E-state index contributed by atoms with van der Waals surface area (Å²) in [5, 5.41) is 12.4. The Hall–Kier alpha value is -2.03. The number of ether oxygens (including phenoxy) is 1. The topological polar surface area (TPSA) is 95.7 Å². The third kappa shape index (κ3) is 3.50. The van der Waals surface area contributed by atoms with Gasteiger partial charge in [0.2, 0.25) is 5.16 Å². The lowest BCUT2D eigenvalue weighted by Gasteiger charge is -2.05. The van der Waals surface area contributed by atoms with E-state index in [0.717, 1.165) is 10.7 Å². The van der Waals surface area contributed by atoms with Crippen molar-refractivity contribution in [3.8, 4) is 0 Å². The van der Waals surface area contributed by atoms with E-state index in [2.05, 4.69) is 44.1 Å². The van der Waals surface area contributed by atoms with Gasteiger partial charge in [-0.1, -0.05) is 13.8 Å². The van der Waals surface area contributed by atoms with Crippen LogP contribution in [0.5, 0.6) is 0 Å². The summed E-state index contributed by atoms with van der Waals surface area (Å²) in [7, 11) is 1.32. The monoisotopic (exact) mass is 294 g/mol. The number of aromatic nitrogens is 6. The Bertz CT molecular complexity index is 600. The van der Waals surface area contributed by atoms with E-state index in [1.165, 1.54) is 29.9 Å². The molecule has 0 amide bonds. The molecule has 0 saturated heterocycles. The molecule has 0 aliphatic heterocycles. The van der Waals surface area contributed by atoms with Crippen molar-refractivity contribution in [2.24, 2.45) is 0 Å². The molecule has 0 saturated carbocycles. The fraction of sp³-hybridized carbons (Fsp3) is 0.455. The fourth-order valence-corrected chi connectivity index (χ4v) is 2.12. The minimum atomic E-state index is -0.412. The Kier molecular flexibility index (Phi) is 4.61. The van der Waals surface area contributed by atoms with Crippen LogP contribution in [0.1, 0.15) is 25.5 Å². The fourth-order valence-electron chi connectivity index (χ4n) is 1.37. The average molecular weight is 294 g/mol. The number of tetrazole rings is 1. The normalized spacial score (nSPS) is 10.8. The molecule has 0 N–H and O–H groups in total. The van der Waals surface area contributed by atoms with E-state index in [9.17, 15) is 4.79 Å². The predicted octanol–water partition coefficient (Wildman–Crippen LogP) is 0.911. The molecule has 2 aromatic rings. The first kappa shape index (κ1) is 14.4. The van der Waals surface area contributed by atoms with Crippen molar-refractivity contribution in [2.75, 3.05) is 7.11 Å². The van der Waals surface area contributed by atoms with Crippen molar-refractivity contribution < 1.29 is 9.53 Å². The van der Waals surface area contributed by atoms with E-state index in [0.29, 0.717) is 11.1 Å². The van der Waals surface area contributed by atoms with Crippen LogP contribution in [0.2, 0.25) is 0 Å². The summed E-state index contributed by atoms with van der Waals surface area (Å²) in [5.41, 5.74) is 0.939. The lowest BCUT2D eigenvalue weighted by Crippen LogP contribution is -2.13. The van der Waals surface area contributed by atoms with Crippen molar-refractivity contribution in [3.05, 3.63) is 18.1 Å². The smallest absolute Gasteiger partial charge is 0.327 e. The number of rotatable bonds is 5.